The molecule has 11 heteroatoms. The van der Waals surface area contributed by atoms with Gasteiger partial charge in [0, 0.05) is 34.6 Å². The quantitative estimate of drug-likeness (QED) is 0.153. The standard InChI is InChI=1S/C36H38Cl3N3O4S/c1-24(2)21-40-36(44)34(19-27-9-6-5-7-10-27)41(22-28-15-16-29(37)20-32(28)39)35(43)23-42(33-12-8-11-31(38)26(33)4)47(45,46)30-17-13-25(3)14-18-30/h5-18,20,24,34H,19,21-23H2,1-4H3,(H,40,44). The minimum absolute atomic E-state index is 0.0121. The van der Waals surface area contributed by atoms with Crippen LogP contribution in [-0.4, -0.2) is 44.3 Å². The second kappa shape index (κ2) is 16.0. The summed E-state index contributed by atoms with van der Waals surface area (Å²) in [5.41, 5.74) is 2.99. The zero-order valence-electron chi connectivity index (χ0n) is 26.7. The number of sulfonamides is 1. The number of nitrogens with one attached hydrogen (secondary N) is 1. The van der Waals surface area contributed by atoms with Gasteiger partial charge in [-0.25, -0.2) is 8.42 Å². The predicted octanol–water partition coefficient (Wildman–Crippen LogP) is 7.87. The van der Waals surface area contributed by atoms with Crippen molar-refractivity contribution in [3.05, 3.63) is 128 Å². The number of nitrogens with zero attached hydrogens (tertiary/aromatic N) is 2. The Labute approximate surface area is 292 Å². The number of hydrogen-bond donors (Lipinski definition) is 1. The number of rotatable bonds is 13. The molecule has 4 rings (SSSR count). The number of hydrogen-bond acceptors (Lipinski definition) is 4. The lowest BCUT2D eigenvalue weighted by atomic mass is 10.0. The van der Waals surface area contributed by atoms with Crippen molar-refractivity contribution in [2.45, 2.75) is 51.6 Å². The summed E-state index contributed by atoms with van der Waals surface area (Å²) in [7, 11) is -4.27. The van der Waals surface area contributed by atoms with E-state index in [2.05, 4.69) is 5.32 Å². The maximum Gasteiger partial charge on any atom is 0.264 e. The van der Waals surface area contributed by atoms with Gasteiger partial charge in [-0.3, -0.25) is 13.9 Å². The summed E-state index contributed by atoms with van der Waals surface area (Å²) in [6.45, 7) is 7.22. The number of halogens is 3. The van der Waals surface area contributed by atoms with Crippen LogP contribution in [0.25, 0.3) is 0 Å². The Bertz CT molecular complexity index is 1820. The van der Waals surface area contributed by atoms with E-state index < -0.39 is 28.5 Å². The van der Waals surface area contributed by atoms with E-state index in [-0.39, 0.29) is 35.4 Å². The van der Waals surface area contributed by atoms with Crippen molar-refractivity contribution in [2.75, 3.05) is 17.4 Å². The highest BCUT2D eigenvalue weighted by molar-refractivity contribution is 7.92. The van der Waals surface area contributed by atoms with Gasteiger partial charge < -0.3 is 10.2 Å². The van der Waals surface area contributed by atoms with Crippen LogP contribution < -0.4 is 9.62 Å². The third-order valence-electron chi connectivity index (χ3n) is 7.71. The summed E-state index contributed by atoms with van der Waals surface area (Å²) < 4.78 is 29.6. The molecule has 2 amide bonds. The first-order chi connectivity index (χ1) is 22.3. The summed E-state index contributed by atoms with van der Waals surface area (Å²) in [5, 5.41) is 4.05. The average molecular weight is 715 g/mol. The molecule has 4 aromatic carbocycles. The maximum absolute atomic E-state index is 14.6. The third-order valence-corrected chi connectivity index (χ3v) is 10.5. The molecule has 0 aliphatic heterocycles. The van der Waals surface area contributed by atoms with Gasteiger partial charge in [0.15, 0.2) is 0 Å². The molecule has 0 aromatic heterocycles. The molecule has 0 spiro atoms. The van der Waals surface area contributed by atoms with Crippen LogP contribution >= 0.6 is 34.8 Å². The number of aryl methyl sites for hydroxylation is 1. The second-order valence-electron chi connectivity index (χ2n) is 11.8. The van der Waals surface area contributed by atoms with Gasteiger partial charge >= 0.3 is 0 Å². The zero-order valence-corrected chi connectivity index (χ0v) is 29.8. The summed E-state index contributed by atoms with van der Waals surface area (Å²) in [4.78, 5) is 30.0. The van der Waals surface area contributed by atoms with Gasteiger partial charge in [0.1, 0.15) is 12.6 Å². The van der Waals surface area contributed by atoms with Crippen LogP contribution in [0.3, 0.4) is 0 Å². The van der Waals surface area contributed by atoms with Crippen LogP contribution in [-0.2, 0) is 32.6 Å². The Morgan fingerprint density at radius 1 is 0.830 bits per heavy atom. The molecule has 0 aliphatic rings. The number of carbonyl (C=O) groups is 2. The lowest BCUT2D eigenvalue weighted by molar-refractivity contribution is -0.140. The molecule has 0 radical (unpaired) electrons. The molecule has 0 aliphatic carbocycles. The summed E-state index contributed by atoms with van der Waals surface area (Å²) in [5.74, 6) is -0.813. The normalized spacial score (nSPS) is 12.1. The first kappa shape index (κ1) is 36.3. The van der Waals surface area contributed by atoms with E-state index in [0.717, 1.165) is 15.4 Å². The smallest absolute Gasteiger partial charge is 0.264 e. The van der Waals surface area contributed by atoms with Crippen LogP contribution in [0, 0.1) is 19.8 Å². The second-order valence-corrected chi connectivity index (χ2v) is 14.9. The Hall–Kier alpha value is -3.56. The molecule has 248 valence electrons. The number of anilines is 1. The van der Waals surface area contributed by atoms with Crippen molar-refractivity contribution in [1.82, 2.24) is 10.2 Å². The SMILES string of the molecule is Cc1ccc(S(=O)(=O)N(CC(=O)N(Cc2ccc(Cl)cc2Cl)C(Cc2ccccc2)C(=O)NCC(C)C)c2cccc(Cl)c2C)cc1. The van der Waals surface area contributed by atoms with Gasteiger partial charge in [-0.15, -0.1) is 0 Å². The topological polar surface area (TPSA) is 86.8 Å². The Kier molecular flexibility index (Phi) is 12.4. The number of amides is 2. The van der Waals surface area contributed by atoms with Gasteiger partial charge in [0.05, 0.1) is 10.6 Å². The maximum atomic E-state index is 14.6. The molecule has 4 aromatic rings. The van der Waals surface area contributed by atoms with Crippen molar-refractivity contribution >= 4 is 62.3 Å². The molecular formula is C36H38Cl3N3O4S. The molecule has 0 saturated heterocycles. The molecule has 0 fully saturated rings. The molecule has 1 N–H and O–H groups in total. The van der Waals surface area contributed by atoms with Crippen LogP contribution in [0.4, 0.5) is 5.69 Å². The van der Waals surface area contributed by atoms with Crippen molar-refractivity contribution in [3.8, 4) is 0 Å². The van der Waals surface area contributed by atoms with Crippen LogP contribution in [0.1, 0.15) is 36.1 Å². The Balaban J connectivity index is 1.85. The van der Waals surface area contributed by atoms with Gasteiger partial charge in [-0.05, 0) is 72.9 Å². The van der Waals surface area contributed by atoms with Crippen LogP contribution in [0.2, 0.25) is 15.1 Å². The third kappa shape index (κ3) is 9.29. The van der Waals surface area contributed by atoms with Crippen LogP contribution in [0.5, 0.6) is 0 Å². The lowest BCUT2D eigenvalue weighted by Crippen LogP contribution is -2.53. The van der Waals surface area contributed by atoms with Crippen molar-refractivity contribution in [2.24, 2.45) is 5.92 Å². The van der Waals surface area contributed by atoms with Crippen molar-refractivity contribution < 1.29 is 18.0 Å². The van der Waals surface area contributed by atoms with E-state index in [0.29, 0.717) is 32.7 Å². The number of benzene rings is 4. The number of carbonyl (C=O) groups excluding carboxylic acids is 2. The van der Waals surface area contributed by atoms with Gasteiger partial charge in [-0.1, -0.05) is 109 Å². The fraction of sp³-hybridized carbons (Fsp3) is 0.278. The molecule has 1 atom stereocenters. The van der Waals surface area contributed by atoms with E-state index in [1.54, 1.807) is 55.5 Å². The minimum atomic E-state index is -4.27. The molecule has 0 bridgehead atoms. The lowest BCUT2D eigenvalue weighted by Gasteiger charge is -2.34. The predicted molar refractivity (Wildman–Crippen MR) is 191 cm³/mol. The largest absolute Gasteiger partial charge is 0.354 e. The molecule has 47 heavy (non-hydrogen) atoms. The fourth-order valence-corrected chi connectivity index (χ4v) is 7.14. The minimum Gasteiger partial charge on any atom is -0.354 e. The zero-order chi connectivity index (χ0) is 34.3. The molecule has 7 nitrogen and oxygen atoms in total. The fourth-order valence-electron chi connectivity index (χ4n) is 5.03. The van der Waals surface area contributed by atoms with Gasteiger partial charge in [-0.2, -0.15) is 0 Å². The highest BCUT2D eigenvalue weighted by Crippen LogP contribution is 2.32. The molecule has 0 heterocycles. The van der Waals surface area contributed by atoms with E-state index in [9.17, 15) is 18.0 Å². The van der Waals surface area contributed by atoms with Gasteiger partial charge in [0.25, 0.3) is 10.0 Å². The Morgan fingerprint density at radius 3 is 2.15 bits per heavy atom. The molecule has 1 unspecified atom stereocenters. The van der Waals surface area contributed by atoms with Gasteiger partial charge in [0.2, 0.25) is 11.8 Å². The first-order valence-corrected chi connectivity index (χ1v) is 17.7. The molecular weight excluding hydrogens is 677 g/mol. The average Bonchev–Trinajstić information content (AvgIpc) is 3.03. The van der Waals surface area contributed by atoms with E-state index in [1.807, 2.05) is 51.1 Å². The van der Waals surface area contributed by atoms with E-state index in [4.69, 9.17) is 34.8 Å². The van der Waals surface area contributed by atoms with E-state index >= 15 is 0 Å². The summed E-state index contributed by atoms with van der Waals surface area (Å²) in [6.07, 6.45) is 0.183. The highest BCUT2D eigenvalue weighted by atomic mass is 35.5. The van der Waals surface area contributed by atoms with Crippen molar-refractivity contribution in [3.63, 3.8) is 0 Å². The highest BCUT2D eigenvalue weighted by Gasteiger charge is 2.35. The summed E-state index contributed by atoms with van der Waals surface area (Å²) in [6, 6.07) is 24.6. The first-order valence-electron chi connectivity index (χ1n) is 15.2. The Morgan fingerprint density at radius 2 is 1.51 bits per heavy atom. The van der Waals surface area contributed by atoms with E-state index in [1.165, 1.54) is 17.0 Å². The molecule has 0 saturated carbocycles. The monoisotopic (exact) mass is 713 g/mol. The van der Waals surface area contributed by atoms with Crippen LogP contribution in [0.15, 0.2) is 95.9 Å². The summed E-state index contributed by atoms with van der Waals surface area (Å²) >= 11 is 19.2. The van der Waals surface area contributed by atoms with Crippen molar-refractivity contribution in [1.29, 1.82) is 0 Å².